The van der Waals surface area contributed by atoms with Gasteiger partial charge in [0.1, 0.15) is 17.5 Å². The molecule has 4 atom stereocenters. The number of hydrogen-bond acceptors (Lipinski definition) is 5. The minimum atomic E-state index is -0.713. The molecule has 1 aromatic carbocycles. The molecule has 2 aliphatic heterocycles. The number of aliphatic hydroxyl groups excluding tert-OH is 1. The van der Waals surface area contributed by atoms with Crippen LogP contribution in [0.1, 0.15) is 55.4 Å². The van der Waals surface area contributed by atoms with Gasteiger partial charge in [0, 0.05) is 11.3 Å². The zero-order valence-corrected chi connectivity index (χ0v) is 18.7. The lowest BCUT2D eigenvalue weighted by Gasteiger charge is -2.28. The monoisotopic (exact) mass is 433 g/mol. The maximum Gasteiger partial charge on any atom is 0.256 e. The van der Waals surface area contributed by atoms with Gasteiger partial charge >= 0.3 is 0 Å². The van der Waals surface area contributed by atoms with E-state index < -0.39 is 12.1 Å². The van der Waals surface area contributed by atoms with Crippen LogP contribution in [0, 0.1) is 11.8 Å². The van der Waals surface area contributed by atoms with E-state index in [4.69, 9.17) is 0 Å². The van der Waals surface area contributed by atoms with Gasteiger partial charge in [-0.3, -0.25) is 14.4 Å². The third-order valence-electron chi connectivity index (χ3n) is 5.66. The highest BCUT2D eigenvalue weighted by atomic mass is 32.2. The second-order valence-electron chi connectivity index (χ2n) is 8.73. The Morgan fingerprint density at radius 3 is 2.53 bits per heavy atom. The summed E-state index contributed by atoms with van der Waals surface area (Å²) in [5, 5.41) is 15.1. The molecule has 0 bridgehead atoms. The van der Waals surface area contributed by atoms with Crippen LogP contribution < -0.4 is 10.6 Å². The maximum atomic E-state index is 13.1. The second kappa shape index (κ2) is 9.39. The van der Waals surface area contributed by atoms with Gasteiger partial charge in [0.25, 0.3) is 5.91 Å². The van der Waals surface area contributed by atoms with Gasteiger partial charge in [0.15, 0.2) is 0 Å². The van der Waals surface area contributed by atoms with Crippen molar-refractivity contribution in [3.63, 3.8) is 0 Å². The zero-order chi connectivity index (χ0) is 22.0. The van der Waals surface area contributed by atoms with Crippen molar-refractivity contribution >= 4 is 29.5 Å². The molecule has 3 rings (SSSR count). The van der Waals surface area contributed by atoms with Crippen LogP contribution in [0.4, 0.5) is 0 Å². The molecule has 164 valence electrons. The number of thioether (sulfide) groups is 1. The Balaban J connectivity index is 1.72. The van der Waals surface area contributed by atoms with Crippen molar-refractivity contribution in [2.45, 2.75) is 57.6 Å². The Labute approximate surface area is 182 Å². The molecule has 4 unspecified atom stereocenters. The third kappa shape index (κ3) is 4.49. The second-order valence-corrected chi connectivity index (χ2v) is 9.85. The van der Waals surface area contributed by atoms with Crippen LogP contribution >= 0.6 is 11.8 Å². The molecule has 0 spiro atoms. The molecular weight excluding hydrogens is 402 g/mol. The number of rotatable bonds is 8. The lowest BCUT2D eigenvalue weighted by molar-refractivity contribution is -0.132. The molecule has 2 aliphatic rings. The Bertz CT molecular complexity index is 813. The molecule has 30 heavy (non-hydrogen) atoms. The van der Waals surface area contributed by atoms with Gasteiger partial charge < -0.3 is 20.6 Å². The summed E-state index contributed by atoms with van der Waals surface area (Å²) in [5.41, 5.74) is 1.59. The van der Waals surface area contributed by atoms with Gasteiger partial charge in [-0.15, -0.1) is 11.8 Å². The van der Waals surface area contributed by atoms with Crippen LogP contribution in [0.25, 0.3) is 0 Å². The fourth-order valence-corrected chi connectivity index (χ4v) is 5.38. The van der Waals surface area contributed by atoms with Crippen molar-refractivity contribution in [3.8, 4) is 0 Å². The summed E-state index contributed by atoms with van der Waals surface area (Å²) in [5.74, 6) is 0.0154. The molecule has 8 heteroatoms. The molecular formula is C22H31N3O4S. The Hall–Kier alpha value is -2.06. The van der Waals surface area contributed by atoms with Gasteiger partial charge in [-0.25, -0.2) is 0 Å². The average Bonchev–Trinajstić information content (AvgIpc) is 3.25. The smallest absolute Gasteiger partial charge is 0.256 e. The normalized spacial score (nSPS) is 22.1. The first-order valence-electron chi connectivity index (χ1n) is 10.5. The number of benzene rings is 1. The fraction of sp³-hybridized carbons (Fsp3) is 0.591. The quantitative estimate of drug-likeness (QED) is 0.582. The van der Waals surface area contributed by atoms with Crippen molar-refractivity contribution in [2.75, 3.05) is 12.4 Å². The van der Waals surface area contributed by atoms with E-state index in [0.717, 1.165) is 5.56 Å². The Kier molecular flexibility index (Phi) is 7.08. The number of fused-ring (bicyclic) bond motifs is 3. The van der Waals surface area contributed by atoms with Gasteiger partial charge in [-0.05, 0) is 29.9 Å². The molecule has 2 heterocycles. The zero-order valence-electron chi connectivity index (χ0n) is 17.9. The van der Waals surface area contributed by atoms with E-state index in [9.17, 15) is 19.5 Å². The Morgan fingerprint density at radius 2 is 1.90 bits per heavy atom. The highest BCUT2D eigenvalue weighted by Gasteiger charge is 2.48. The number of nitrogens with one attached hydrogen (secondary N) is 2. The van der Waals surface area contributed by atoms with E-state index in [2.05, 4.69) is 10.6 Å². The average molecular weight is 434 g/mol. The number of carbonyl (C=O) groups is 3. The third-order valence-corrected chi connectivity index (χ3v) is 6.97. The standard InChI is InChI=1S/C22H31N3O4S/c1-12(2)9-16(19(27)24-17(10-26)13(3)4)23-20(28)18-11-30-22-15-8-6-5-7-14(15)21(29)25(18)22/h5-8,12-13,16-18,22,26H,9-11H2,1-4H3,(H,23,28)(H,24,27). The molecule has 0 aliphatic carbocycles. The fourth-order valence-electron chi connectivity index (χ4n) is 3.92. The lowest BCUT2D eigenvalue weighted by atomic mass is 10.0. The van der Waals surface area contributed by atoms with E-state index in [1.165, 1.54) is 0 Å². The van der Waals surface area contributed by atoms with Crippen molar-refractivity contribution in [3.05, 3.63) is 35.4 Å². The molecule has 7 nitrogen and oxygen atoms in total. The van der Waals surface area contributed by atoms with E-state index >= 15 is 0 Å². The molecule has 1 saturated heterocycles. The first-order chi connectivity index (χ1) is 14.2. The SMILES string of the molecule is CC(C)CC(NC(=O)C1CSC2c3ccccc3C(=O)N12)C(=O)NC(CO)C(C)C. The topological polar surface area (TPSA) is 98.7 Å². The maximum absolute atomic E-state index is 13.1. The Morgan fingerprint density at radius 1 is 1.20 bits per heavy atom. The minimum absolute atomic E-state index is 0.0714. The van der Waals surface area contributed by atoms with E-state index in [-0.39, 0.29) is 47.6 Å². The van der Waals surface area contributed by atoms with Crippen LogP contribution in [0.2, 0.25) is 0 Å². The number of aliphatic hydroxyl groups is 1. The summed E-state index contributed by atoms with van der Waals surface area (Å²) in [4.78, 5) is 40.5. The molecule has 0 saturated carbocycles. The van der Waals surface area contributed by atoms with Crippen molar-refractivity contribution < 1.29 is 19.5 Å². The van der Waals surface area contributed by atoms with E-state index in [1.54, 1.807) is 22.7 Å². The number of carbonyl (C=O) groups excluding carboxylic acids is 3. The molecule has 1 aromatic rings. The summed E-state index contributed by atoms with van der Waals surface area (Å²) in [6, 6.07) is 5.76. The van der Waals surface area contributed by atoms with E-state index in [1.807, 2.05) is 45.9 Å². The highest BCUT2D eigenvalue weighted by molar-refractivity contribution is 7.99. The van der Waals surface area contributed by atoms with Crippen LogP contribution in [-0.2, 0) is 9.59 Å². The van der Waals surface area contributed by atoms with Crippen molar-refractivity contribution in [1.82, 2.24) is 15.5 Å². The first kappa shape index (κ1) is 22.6. The minimum Gasteiger partial charge on any atom is -0.394 e. The summed E-state index contributed by atoms with van der Waals surface area (Å²) in [6.07, 6.45) is 0.477. The van der Waals surface area contributed by atoms with Gasteiger partial charge in [0.2, 0.25) is 11.8 Å². The first-order valence-corrected chi connectivity index (χ1v) is 11.5. The predicted octanol–water partition coefficient (Wildman–Crippen LogP) is 1.92. The summed E-state index contributed by atoms with van der Waals surface area (Å²) < 4.78 is 0. The molecule has 1 fully saturated rings. The largest absolute Gasteiger partial charge is 0.394 e. The van der Waals surface area contributed by atoms with Gasteiger partial charge in [0.05, 0.1) is 12.6 Å². The van der Waals surface area contributed by atoms with Crippen molar-refractivity contribution in [1.29, 1.82) is 0 Å². The van der Waals surface area contributed by atoms with Gasteiger partial charge in [-0.1, -0.05) is 45.9 Å². The van der Waals surface area contributed by atoms with Crippen LogP contribution in [-0.4, -0.2) is 58.2 Å². The van der Waals surface area contributed by atoms with Crippen LogP contribution in [0.5, 0.6) is 0 Å². The summed E-state index contributed by atoms with van der Waals surface area (Å²) in [6.45, 7) is 7.65. The van der Waals surface area contributed by atoms with Gasteiger partial charge in [-0.2, -0.15) is 0 Å². The number of nitrogens with zero attached hydrogens (tertiary/aromatic N) is 1. The lowest BCUT2D eigenvalue weighted by Crippen LogP contribution is -2.56. The van der Waals surface area contributed by atoms with Crippen molar-refractivity contribution in [2.24, 2.45) is 11.8 Å². The predicted molar refractivity (Wildman–Crippen MR) is 117 cm³/mol. The molecule has 0 aromatic heterocycles. The molecule has 3 N–H and O–H groups in total. The highest BCUT2D eigenvalue weighted by Crippen LogP contribution is 2.48. The van der Waals surface area contributed by atoms with Crippen LogP contribution in [0.3, 0.4) is 0 Å². The molecule has 3 amide bonds. The van der Waals surface area contributed by atoms with E-state index in [0.29, 0.717) is 17.7 Å². The number of hydrogen-bond donors (Lipinski definition) is 3. The summed E-state index contributed by atoms with van der Waals surface area (Å²) >= 11 is 1.57. The number of amides is 3. The molecule has 0 radical (unpaired) electrons. The summed E-state index contributed by atoms with van der Waals surface area (Å²) in [7, 11) is 0. The van der Waals surface area contributed by atoms with Crippen LogP contribution in [0.15, 0.2) is 24.3 Å².